The maximum atomic E-state index is 2.64. The first-order chi connectivity index (χ1) is 25.8. The van der Waals surface area contributed by atoms with Gasteiger partial charge in [0.1, 0.15) is 0 Å². The Bertz CT molecular complexity index is 2220. The number of rotatable bonds is 4. The summed E-state index contributed by atoms with van der Waals surface area (Å²) in [6, 6.07) is 43.1. The molecule has 11 rings (SSSR count). The molecule has 5 aromatic rings. The Balaban J connectivity index is 1.10. The molecule has 1 nitrogen and oxygen atoms in total. The fourth-order valence-electron chi connectivity index (χ4n) is 12.2. The lowest BCUT2D eigenvalue weighted by molar-refractivity contribution is -0.0443. The highest BCUT2D eigenvalue weighted by Gasteiger charge is 2.60. The Morgan fingerprint density at radius 3 is 1.72 bits per heavy atom. The smallest absolute Gasteiger partial charge is 0.0465 e. The number of hydrogen-bond acceptors (Lipinski definition) is 2. The van der Waals surface area contributed by atoms with E-state index in [1.165, 1.54) is 99.6 Å². The molecule has 4 fully saturated rings. The minimum Gasteiger partial charge on any atom is -0.310 e. The molecule has 5 aliphatic carbocycles. The second-order valence-electron chi connectivity index (χ2n) is 20.2. The van der Waals surface area contributed by atoms with Crippen molar-refractivity contribution in [3.8, 4) is 11.1 Å². The second kappa shape index (κ2) is 12.1. The number of anilines is 3. The molecule has 6 aliphatic rings. The van der Waals surface area contributed by atoms with E-state index in [1.54, 1.807) is 11.1 Å². The van der Waals surface area contributed by atoms with Crippen LogP contribution in [0.3, 0.4) is 0 Å². The van der Waals surface area contributed by atoms with Gasteiger partial charge < -0.3 is 4.90 Å². The SMILES string of the molecule is CC(C)(C)c1ccc(N(c2ccc(-c3ccc4c(c3)C(C)(C)CCC4(C)C)cc2)c2ccc3c(c2)C2(c4ccccc4S3)C3CC4CC(C3)CC2C4)cc1. The second-order valence-corrected chi connectivity index (χ2v) is 21.2. The van der Waals surface area contributed by atoms with E-state index >= 15 is 0 Å². The molecule has 1 spiro atoms. The normalized spacial score (nSPS) is 26.9. The van der Waals surface area contributed by atoms with Crippen LogP contribution in [0.15, 0.2) is 119 Å². The van der Waals surface area contributed by atoms with Crippen molar-refractivity contribution < 1.29 is 0 Å². The average molecular weight is 728 g/mol. The van der Waals surface area contributed by atoms with Gasteiger partial charge in [0, 0.05) is 32.3 Å². The molecule has 0 atom stereocenters. The van der Waals surface area contributed by atoms with E-state index in [0.717, 1.165) is 23.7 Å². The van der Waals surface area contributed by atoms with Crippen LogP contribution in [0.2, 0.25) is 0 Å². The number of nitrogens with zero attached hydrogens (tertiary/aromatic N) is 1. The van der Waals surface area contributed by atoms with Crippen LogP contribution in [-0.4, -0.2) is 0 Å². The van der Waals surface area contributed by atoms with E-state index in [1.807, 2.05) is 11.8 Å². The van der Waals surface area contributed by atoms with Crippen LogP contribution in [0.5, 0.6) is 0 Å². The topological polar surface area (TPSA) is 3.24 Å². The van der Waals surface area contributed by atoms with Gasteiger partial charge in [-0.25, -0.2) is 0 Å². The number of hydrogen-bond donors (Lipinski definition) is 0. The van der Waals surface area contributed by atoms with E-state index in [9.17, 15) is 0 Å². The third-order valence-electron chi connectivity index (χ3n) is 14.9. The Kier molecular flexibility index (Phi) is 7.79. The Labute approximate surface area is 329 Å². The minimum absolute atomic E-state index is 0.103. The summed E-state index contributed by atoms with van der Waals surface area (Å²) in [5.74, 6) is 3.32. The minimum atomic E-state index is 0.103. The molecule has 54 heavy (non-hydrogen) atoms. The van der Waals surface area contributed by atoms with Gasteiger partial charge in [-0.15, -0.1) is 0 Å². The van der Waals surface area contributed by atoms with Crippen LogP contribution in [0.4, 0.5) is 17.1 Å². The van der Waals surface area contributed by atoms with Crippen molar-refractivity contribution in [1.82, 2.24) is 0 Å². The molecule has 1 heterocycles. The largest absolute Gasteiger partial charge is 0.310 e. The maximum absolute atomic E-state index is 2.64. The summed E-state index contributed by atoms with van der Waals surface area (Å²) in [4.78, 5) is 5.50. The highest BCUT2D eigenvalue weighted by Crippen LogP contribution is 2.69. The van der Waals surface area contributed by atoms with Gasteiger partial charge in [0.2, 0.25) is 0 Å². The van der Waals surface area contributed by atoms with Gasteiger partial charge in [-0.05, 0) is 172 Å². The van der Waals surface area contributed by atoms with Gasteiger partial charge >= 0.3 is 0 Å². The first kappa shape index (κ1) is 34.7. The van der Waals surface area contributed by atoms with Crippen molar-refractivity contribution in [3.63, 3.8) is 0 Å². The summed E-state index contributed by atoms with van der Waals surface area (Å²) in [6.45, 7) is 16.6. The molecule has 0 aromatic heterocycles. The first-order valence-corrected chi connectivity index (χ1v) is 21.7. The van der Waals surface area contributed by atoms with Gasteiger partial charge in [-0.1, -0.05) is 121 Å². The monoisotopic (exact) mass is 727 g/mol. The molecule has 5 aromatic carbocycles. The molecule has 0 amide bonds. The van der Waals surface area contributed by atoms with Crippen LogP contribution < -0.4 is 4.90 Å². The zero-order valence-electron chi connectivity index (χ0n) is 33.5. The van der Waals surface area contributed by atoms with Crippen molar-refractivity contribution in [2.24, 2.45) is 23.7 Å². The summed E-state index contributed by atoms with van der Waals surface area (Å²) in [7, 11) is 0. The van der Waals surface area contributed by atoms with Crippen LogP contribution >= 0.6 is 11.8 Å². The lowest BCUT2D eigenvalue weighted by atomic mass is 9.42. The Morgan fingerprint density at radius 1 is 0.519 bits per heavy atom. The Hall–Kier alpha value is -3.75. The quantitative estimate of drug-likeness (QED) is 0.181. The predicted octanol–water partition coefficient (Wildman–Crippen LogP) is 14.7. The third kappa shape index (κ3) is 5.32. The lowest BCUT2D eigenvalue weighted by Gasteiger charge is -2.63. The zero-order valence-corrected chi connectivity index (χ0v) is 34.3. The highest BCUT2D eigenvalue weighted by molar-refractivity contribution is 7.99. The van der Waals surface area contributed by atoms with E-state index in [0.29, 0.717) is 0 Å². The molecule has 1 aliphatic heterocycles. The lowest BCUT2D eigenvalue weighted by Crippen LogP contribution is -2.57. The summed E-state index contributed by atoms with van der Waals surface area (Å²) in [5, 5.41) is 0. The molecule has 0 saturated heterocycles. The molecule has 0 N–H and O–H groups in total. The van der Waals surface area contributed by atoms with Crippen LogP contribution in [-0.2, 0) is 21.7 Å². The van der Waals surface area contributed by atoms with Crippen LogP contribution in [0.25, 0.3) is 11.1 Å². The molecule has 276 valence electrons. The van der Waals surface area contributed by atoms with E-state index in [-0.39, 0.29) is 21.7 Å². The number of benzene rings is 5. The number of fused-ring (bicyclic) bond motifs is 3. The van der Waals surface area contributed by atoms with Crippen molar-refractivity contribution in [2.75, 3.05) is 4.90 Å². The maximum Gasteiger partial charge on any atom is 0.0465 e. The molecule has 0 unspecified atom stereocenters. The molecule has 2 heteroatoms. The fraction of sp³-hybridized carbons (Fsp3) is 0.423. The van der Waals surface area contributed by atoms with E-state index in [4.69, 9.17) is 0 Å². The van der Waals surface area contributed by atoms with Crippen LogP contribution in [0, 0.1) is 23.7 Å². The van der Waals surface area contributed by atoms with Gasteiger partial charge in [0.05, 0.1) is 0 Å². The molecule has 0 radical (unpaired) electrons. The highest BCUT2D eigenvalue weighted by atomic mass is 32.2. The fourth-order valence-corrected chi connectivity index (χ4v) is 13.4. The average Bonchev–Trinajstić information content (AvgIpc) is 3.15. The molecular weight excluding hydrogens is 671 g/mol. The van der Waals surface area contributed by atoms with Gasteiger partial charge in [0.15, 0.2) is 0 Å². The summed E-state index contributed by atoms with van der Waals surface area (Å²) in [5.41, 5.74) is 14.6. The van der Waals surface area contributed by atoms with Crippen LogP contribution in [0.1, 0.15) is 121 Å². The van der Waals surface area contributed by atoms with Crippen molar-refractivity contribution >= 4 is 28.8 Å². The molecular formula is C52H57NS. The summed E-state index contributed by atoms with van der Waals surface area (Å²) < 4.78 is 0. The molecule has 4 saturated carbocycles. The Morgan fingerprint density at radius 2 is 1.07 bits per heavy atom. The summed E-state index contributed by atoms with van der Waals surface area (Å²) in [6.07, 6.45) is 9.53. The summed E-state index contributed by atoms with van der Waals surface area (Å²) >= 11 is 2.01. The van der Waals surface area contributed by atoms with Gasteiger partial charge in [-0.3, -0.25) is 0 Å². The first-order valence-electron chi connectivity index (χ1n) is 20.9. The zero-order chi connectivity index (χ0) is 37.2. The molecule has 4 bridgehead atoms. The van der Waals surface area contributed by atoms with E-state index < -0.39 is 0 Å². The van der Waals surface area contributed by atoms with E-state index in [2.05, 4.69) is 163 Å². The van der Waals surface area contributed by atoms with Gasteiger partial charge in [-0.2, -0.15) is 0 Å². The van der Waals surface area contributed by atoms with Crippen molar-refractivity contribution in [1.29, 1.82) is 0 Å². The van der Waals surface area contributed by atoms with Gasteiger partial charge in [0.25, 0.3) is 0 Å². The standard InChI is InChI=1S/C52H57NS/c1-49(2,3)37-15-19-41(20-16-37)53(40-17-12-35(13-18-40)36-14-22-43-45(31-36)51(6,7)25-24-50(43,4)5)42-21-23-48-46(32-42)52(44-10-8-9-11-47(44)54-48)38-27-33-26-34(29-38)30-39(52)28-33/h8-23,31-34,38-39H,24-30H2,1-7H3. The predicted molar refractivity (Wildman–Crippen MR) is 229 cm³/mol. The third-order valence-corrected chi connectivity index (χ3v) is 16.1. The van der Waals surface area contributed by atoms with Crippen molar-refractivity contribution in [2.45, 2.75) is 125 Å². The van der Waals surface area contributed by atoms with Crippen molar-refractivity contribution in [3.05, 3.63) is 137 Å².